The van der Waals surface area contributed by atoms with Crippen LogP contribution in [0.3, 0.4) is 0 Å². The van der Waals surface area contributed by atoms with Gasteiger partial charge in [-0.15, -0.1) is 6.42 Å². The number of allylic oxidation sites excluding steroid dienone is 9. The van der Waals surface area contributed by atoms with Crippen LogP contribution >= 0.6 is 0 Å². The average molecular weight is 351 g/mol. The molecule has 0 amide bonds. The third-order valence-corrected chi connectivity index (χ3v) is 4.55. The molecule has 2 aromatic carbocycles. The van der Waals surface area contributed by atoms with Crippen molar-refractivity contribution in [2.24, 2.45) is 0 Å². The quantitative estimate of drug-likeness (QED) is 0.363. The highest BCUT2D eigenvalue weighted by Gasteiger charge is 2.34. The summed E-state index contributed by atoms with van der Waals surface area (Å²) in [6.45, 7) is 6.47. The first kappa shape index (κ1) is 20.0. The Morgan fingerprint density at radius 2 is 1.52 bits per heavy atom. The Bertz CT molecular complexity index is 829. The van der Waals surface area contributed by atoms with Crippen LogP contribution in [0.4, 0.5) is 0 Å². The van der Waals surface area contributed by atoms with E-state index in [-0.39, 0.29) is 5.41 Å². The lowest BCUT2D eigenvalue weighted by atomic mass is 9.67. The maximum absolute atomic E-state index is 5.29. The van der Waals surface area contributed by atoms with Crippen molar-refractivity contribution < 1.29 is 0 Å². The zero-order valence-electron chi connectivity index (χ0n) is 15.9. The van der Waals surface area contributed by atoms with Crippen molar-refractivity contribution in [1.29, 1.82) is 0 Å². The van der Waals surface area contributed by atoms with E-state index < -0.39 is 0 Å². The average Bonchev–Trinajstić information content (AvgIpc) is 2.72. The lowest BCUT2D eigenvalue weighted by molar-refractivity contribution is 0.628. The molecule has 0 nitrogen and oxygen atoms in total. The van der Waals surface area contributed by atoms with Gasteiger partial charge >= 0.3 is 0 Å². The fraction of sp³-hybridized carbons (Fsp3) is 0.111. The Morgan fingerprint density at radius 1 is 0.926 bits per heavy atom. The van der Waals surface area contributed by atoms with Crippen molar-refractivity contribution in [3.8, 4) is 12.3 Å². The molecular weight excluding hydrogens is 324 g/mol. The van der Waals surface area contributed by atoms with Crippen molar-refractivity contribution >= 4 is 0 Å². The molecule has 0 fully saturated rings. The number of hydrogen-bond acceptors (Lipinski definition) is 0. The Morgan fingerprint density at radius 3 is 2.04 bits per heavy atom. The number of hydrogen-bond donors (Lipinski definition) is 0. The molecule has 0 saturated heterocycles. The SMILES string of the molecule is C#C/C=C\C=C/CC(C(=C)/C=C\C=C/C)(c1ccccc1)c1ccccc1. The third kappa shape index (κ3) is 5.09. The highest BCUT2D eigenvalue weighted by atomic mass is 14.4. The van der Waals surface area contributed by atoms with Crippen LogP contribution in [-0.2, 0) is 5.41 Å². The van der Waals surface area contributed by atoms with E-state index in [0.29, 0.717) is 0 Å². The van der Waals surface area contributed by atoms with E-state index >= 15 is 0 Å². The summed E-state index contributed by atoms with van der Waals surface area (Å²) in [6.07, 6.45) is 22.0. The number of terminal acetylenes is 1. The number of rotatable bonds is 8. The molecule has 0 aromatic heterocycles. The summed E-state index contributed by atoms with van der Waals surface area (Å²) in [4.78, 5) is 0. The first-order valence-corrected chi connectivity index (χ1v) is 9.13. The summed E-state index contributed by atoms with van der Waals surface area (Å²) in [5, 5.41) is 0. The minimum atomic E-state index is -0.346. The highest BCUT2D eigenvalue weighted by Crippen LogP contribution is 2.42. The monoisotopic (exact) mass is 350 g/mol. The Balaban J connectivity index is 2.61. The molecule has 0 spiro atoms. The van der Waals surface area contributed by atoms with Gasteiger partial charge in [-0.3, -0.25) is 0 Å². The van der Waals surface area contributed by atoms with Gasteiger partial charge in [0.15, 0.2) is 0 Å². The molecule has 0 radical (unpaired) electrons. The first-order chi connectivity index (χ1) is 13.3. The molecule has 27 heavy (non-hydrogen) atoms. The van der Waals surface area contributed by atoms with Crippen molar-refractivity contribution in [3.05, 3.63) is 133 Å². The van der Waals surface area contributed by atoms with Crippen LogP contribution in [0.25, 0.3) is 0 Å². The molecular formula is C27H26. The van der Waals surface area contributed by atoms with E-state index in [4.69, 9.17) is 6.42 Å². The first-order valence-electron chi connectivity index (χ1n) is 9.13. The van der Waals surface area contributed by atoms with E-state index in [1.54, 1.807) is 6.08 Å². The van der Waals surface area contributed by atoms with Crippen molar-refractivity contribution in [2.45, 2.75) is 18.8 Å². The molecule has 0 heterocycles. The third-order valence-electron chi connectivity index (χ3n) is 4.55. The van der Waals surface area contributed by atoms with Crippen LogP contribution < -0.4 is 0 Å². The van der Waals surface area contributed by atoms with Gasteiger partial charge in [0.05, 0.1) is 0 Å². The van der Waals surface area contributed by atoms with Crippen molar-refractivity contribution in [1.82, 2.24) is 0 Å². The maximum atomic E-state index is 5.29. The summed E-state index contributed by atoms with van der Waals surface area (Å²) >= 11 is 0. The van der Waals surface area contributed by atoms with E-state index in [1.807, 2.05) is 49.4 Å². The summed E-state index contributed by atoms with van der Waals surface area (Å²) in [6, 6.07) is 21.1. The van der Waals surface area contributed by atoms with Gasteiger partial charge in [-0.2, -0.15) is 0 Å². The van der Waals surface area contributed by atoms with Gasteiger partial charge in [0.1, 0.15) is 0 Å². The fourth-order valence-electron chi connectivity index (χ4n) is 3.21. The lowest BCUT2D eigenvalue weighted by Crippen LogP contribution is -2.28. The maximum Gasteiger partial charge on any atom is 0.0479 e. The lowest BCUT2D eigenvalue weighted by Gasteiger charge is -2.35. The largest absolute Gasteiger partial charge is 0.115 e. The minimum Gasteiger partial charge on any atom is -0.115 e. The molecule has 134 valence electrons. The molecule has 0 heteroatoms. The van der Waals surface area contributed by atoms with Crippen LogP contribution in [-0.4, -0.2) is 0 Å². The fourth-order valence-corrected chi connectivity index (χ4v) is 3.21. The summed E-state index contributed by atoms with van der Waals surface area (Å²) in [5.41, 5.74) is 3.14. The van der Waals surface area contributed by atoms with Gasteiger partial charge in [-0.05, 0) is 36.1 Å². The van der Waals surface area contributed by atoms with E-state index in [1.165, 1.54) is 11.1 Å². The molecule has 0 aliphatic rings. The summed E-state index contributed by atoms with van der Waals surface area (Å²) in [7, 11) is 0. The zero-order valence-corrected chi connectivity index (χ0v) is 15.9. The van der Waals surface area contributed by atoms with Crippen LogP contribution in [0.15, 0.2) is 121 Å². The molecule has 2 aromatic rings. The second-order valence-electron chi connectivity index (χ2n) is 6.21. The van der Waals surface area contributed by atoms with Crippen molar-refractivity contribution in [2.75, 3.05) is 0 Å². The molecule has 0 saturated carbocycles. The van der Waals surface area contributed by atoms with Gasteiger partial charge in [-0.1, -0.05) is 116 Å². The van der Waals surface area contributed by atoms with E-state index in [9.17, 15) is 0 Å². The standard InChI is InChI=1S/C27H26/c1-4-6-8-9-17-23-27(24(3)18-12-7-5-2,25-19-13-10-14-20-25)26-21-15-11-16-22-26/h1,5-22H,3,23H2,2H3/b7-5-,8-6-,17-9-,18-12-. The number of benzene rings is 2. The van der Waals surface area contributed by atoms with Gasteiger partial charge < -0.3 is 0 Å². The normalized spacial score (nSPS) is 12.3. The Hall–Kier alpha value is -3.30. The molecule has 2 rings (SSSR count). The van der Waals surface area contributed by atoms with Crippen molar-refractivity contribution in [3.63, 3.8) is 0 Å². The molecule has 0 bridgehead atoms. The van der Waals surface area contributed by atoms with Gasteiger partial charge in [0.2, 0.25) is 0 Å². The Kier molecular flexibility index (Phi) is 7.89. The molecule has 0 atom stereocenters. The molecule has 0 unspecified atom stereocenters. The summed E-state index contributed by atoms with van der Waals surface area (Å²) < 4.78 is 0. The van der Waals surface area contributed by atoms with E-state index in [0.717, 1.165) is 12.0 Å². The smallest absolute Gasteiger partial charge is 0.0479 e. The van der Waals surface area contributed by atoms with Gasteiger partial charge in [0, 0.05) is 5.41 Å². The topological polar surface area (TPSA) is 0 Å². The van der Waals surface area contributed by atoms with Gasteiger partial charge in [0.25, 0.3) is 0 Å². The highest BCUT2D eigenvalue weighted by molar-refractivity contribution is 5.52. The van der Waals surface area contributed by atoms with Crippen LogP contribution in [0.1, 0.15) is 24.5 Å². The second-order valence-corrected chi connectivity index (χ2v) is 6.21. The molecule has 0 N–H and O–H groups in total. The van der Waals surface area contributed by atoms with Crippen LogP contribution in [0, 0.1) is 12.3 Å². The predicted octanol–water partition coefficient (Wildman–Crippen LogP) is 6.80. The minimum absolute atomic E-state index is 0.346. The molecule has 0 aliphatic carbocycles. The summed E-state index contributed by atoms with van der Waals surface area (Å²) in [5.74, 6) is 2.52. The predicted molar refractivity (Wildman–Crippen MR) is 118 cm³/mol. The van der Waals surface area contributed by atoms with Crippen LogP contribution in [0.5, 0.6) is 0 Å². The Labute approximate surface area is 164 Å². The second kappa shape index (κ2) is 10.6. The van der Waals surface area contributed by atoms with Gasteiger partial charge in [-0.25, -0.2) is 0 Å². The molecule has 0 aliphatic heterocycles. The van der Waals surface area contributed by atoms with Crippen LogP contribution in [0.2, 0.25) is 0 Å². The zero-order chi connectivity index (χ0) is 19.4. The van der Waals surface area contributed by atoms with E-state index in [2.05, 4.69) is 73.2 Å².